The zero-order valence-electron chi connectivity index (χ0n) is 14.1. The molecule has 1 aromatic heterocycles. The molecule has 2 heterocycles. The normalized spacial score (nSPS) is 14.0. The van der Waals surface area contributed by atoms with Gasteiger partial charge >= 0.3 is 0 Å². The van der Waals surface area contributed by atoms with Gasteiger partial charge < -0.3 is 9.26 Å². The van der Waals surface area contributed by atoms with Crippen LogP contribution in [0.3, 0.4) is 0 Å². The maximum Gasteiger partial charge on any atom is 0.256 e. The molecule has 0 amide bonds. The zero-order valence-corrected chi connectivity index (χ0v) is 14.1. The summed E-state index contributed by atoms with van der Waals surface area (Å²) in [6, 6.07) is 13.3. The number of para-hydroxylation sites is 1. The lowest BCUT2D eigenvalue weighted by atomic mass is 10.0. The van der Waals surface area contributed by atoms with E-state index in [1.165, 1.54) is 12.1 Å². The van der Waals surface area contributed by atoms with E-state index in [1.807, 2.05) is 29.7 Å². The molecule has 7 nitrogen and oxygen atoms in total. The van der Waals surface area contributed by atoms with Crippen molar-refractivity contribution in [1.82, 2.24) is 15.6 Å². The third kappa shape index (κ3) is 3.42. The highest BCUT2D eigenvalue weighted by molar-refractivity contribution is 5.92. The molecule has 0 saturated carbocycles. The Morgan fingerprint density at radius 2 is 1.96 bits per heavy atom. The van der Waals surface area contributed by atoms with Gasteiger partial charge in [-0.05, 0) is 36.4 Å². The van der Waals surface area contributed by atoms with Crippen molar-refractivity contribution in [2.45, 2.75) is 6.42 Å². The lowest BCUT2D eigenvalue weighted by molar-refractivity contribution is 0.240. The summed E-state index contributed by atoms with van der Waals surface area (Å²) in [5.74, 6) is 0.978. The number of hydrogen-bond donors (Lipinski definition) is 2. The van der Waals surface area contributed by atoms with Crippen molar-refractivity contribution in [1.29, 1.82) is 0 Å². The van der Waals surface area contributed by atoms with Crippen LogP contribution in [0.25, 0.3) is 22.7 Å². The van der Waals surface area contributed by atoms with Gasteiger partial charge in [-0.3, -0.25) is 10.7 Å². The first-order chi connectivity index (χ1) is 13.3. The van der Waals surface area contributed by atoms with Gasteiger partial charge in [-0.25, -0.2) is 9.38 Å². The van der Waals surface area contributed by atoms with E-state index >= 15 is 0 Å². The topological polar surface area (TPSA) is 92.8 Å². The molecule has 1 aliphatic heterocycles. The van der Waals surface area contributed by atoms with Crippen LogP contribution in [0.4, 0.5) is 4.39 Å². The Labute approximate surface area is 153 Å². The van der Waals surface area contributed by atoms with Crippen LogP contribution in [0.1, 0.15) is 17.9 Å². The fourth-order valence-electron chi connectivity index (χ4n) is 2.84. The number of benzene rings is 2. The number of aromatic nitrogens is 2. The SMILES string of the molecule is ONC=NC1=C(c2nc(-c3ccc(F)cc3)no2)CCOc2ccccc21. The highest BCUT2D eigenvalue weighted by atomic mass is 19.1. The summed E-state index contributed by atoms with van der Waals surface area (Å²) in [4.78, 5) is 8.73. The standard InChI is InChI=1S/C19H15FN4O3/c20-13-7-5-12(6-8-13)18-23-19(27-24-18)15-9-10-26-16-4-2-1-3-14(16)17(15)21-11-22-25/h1-8,11,25H,9-10H2,(H,21,22). The summed E-state index contributed by atoms with van der Waals surface area (Å²) >= 11 is 0. The molecule has 0 atom stereocenters. The molecule has 27 heavy (non-hydrogen) atoms. The van der Waals surface area contributed by atoms with Crippen molar-refractivity contribution in [2.75, 3.05) is 6.61 Å². The Hall–Kier alpha value is -3.52. The van der Waals surface area contributed by atoms with Gasteiger partial charge in [-0.2, -0.15) is 4.98 Å². The molecule has 0 fully saturated rings. The first-order valence-corrected chi connectivity index (χ1v) is 8.24. The molecule has 136 valence electrons. The smallest absolute Gasteiger partial charge is 0.256 e. The molecule has 8 heteroatoms. The Morgan fingerprint density at radius 3 is 2.78 bits per heavy atom. The van der Waals surface area contributed by atoms with Crippen LogP contribution in [-0.2, 0) is 0 Å². The molecule has 0 radical (unpaired) electrons. The van der Waals surface area contributed by atoms with E-state index in [0.717, 1.165) is 11.9 Å². The van der Waals surface area contributed by atoms with Crippen molar-refractivity contribution in [3.8, 4) is 17.1 Å². The quantitative estimate of drug-likeness (QED) is 0.417. The van der Waals surface area contributed by atoms with E-state index in [4.69, 9.17) is 14.5 Å². The minimum Gasteiger partial charge on any atom is -0.493 e. The molecule has 0 bridgehead atoms. The zero-order chi connectivity index (χ0) is 18.6. The highest BCUT2D eigenvalue weighted by Crippen LogP contribution is 2.37. The van der Waals surface area contributed by atoms with Gasteiger partial charge in [0.15, 0.2) is 0 Å². The molecule has 0 spiro atoms. The van der Waals surface area contributed by atoms with Gasteiger partial charge in [0.25, 0.3) is 5.89 Å². The van der Waals surface area contributed by atoms with E-state index < -0.39 is 0 Å². The van der Waals surface area contributed by atoms with Crippen molar-refractivity contribution < 1.29 is 18.9 Å². The van der Waals surface area contributed by atoms with Crippen LogP contribution >= 0.6 is 0 Å². The summed E-state index contributed by atoms with van der Waals surface area (Å²) in [7, 11) is 0. The average molecular weight is 366 g/mol. The largest absolute Gasteiger partial charge is 0.493 e. The molecule has 2 N–H and O–H groups in total. The van der Waals surface area contributed by atoms with Gasteiger partial charge in [0.1, 0.15) is 17.9 Å². The first kappa shape index (κ1) is 16.9. The molecule has 1 aliphatic rings. The molecule has 0 unspecified atom stereocenters. The van der Waals surface area contributed by atoms with Crippen molar-refractivity contribution in [3.05, 3.63) is 65.8 Å². The number of hydroxylamine groups is 1. The minimum absolute atomic E-state index is 0.291. The number of fused-ring (bicyclic) bond motifs is 1. The number of ether oxygens (including phenoxy) is 1. The minimum atomic E-state index is -0.337. The number of nitrogens with zero attached hydrogens (tertiary/aromatic N) is 3. The van der Waals surface area contributed by atoms with Crippen LogP contribution in [-0.4, -0.2) is 28.3 Å². The van der Waals surface area contributed by atoms with E-state index in [-0.39, 0.29) is 5.82 Å². The Bertz CT molecular complexity index is 1010. The van der Waals surface area contributed by atoms with E-state index in [0.29, 0.717) is 47.3 Å². The van der Waals surface area contributed by atoms with Crippen LogP contribution < -0.4 is 10.2 Å². The van der Waals surface area contributed by atoms with Gasteiger partial charge in [-0.15, -0.1) is 0 Å². The maximum atomic E-state index is 13.1. The maximum absolute atomic E-state index is 13.1. The first-order valence-electron chi connectivity index (χ1n) is 8.24. The average Bonchev–Trinajstić information content (AvgIpc) is 3.10. The highest BCUT2D eigenvalue weighted by Gasteiger charge is 2.23. The van der Waals surface area contributed by atoms with Gasteiger partial charge in [0.2, 0.25) is 5.82 Å². The monoisotopic (exact) mass is 366 g/mol. The molecule has 2 aromatic carbocycles. The molecule has 3 aromatic rings. The van der Waals surface area contributed by atoms with Gasteiger partial charge in [0, 0.05) is 23.1 Å². The number of halogens is 1. The summed E-state index contributed by atoms with van der Waals surface area (Å²) < 4.78 is 24.4. The van der Waals surface area contributed by atoms with E-state index in [2.05, 4.69) is 15.1 Å². The summed E-state index contributed by atoms with van der Waals surface area (Å²) in [6.07, 6.45) is 1.65. The summed E-state index contributed by atoms with van der Waals surface area (Å²) in [6.45, 7) is 0.409. The lowest BCUT2D eigenvalue weighted by Crippen LogP contribution is -2.02. The van der Waals surface area contributed by atoms with Crippen LogP contribution in [0.2, 0.25) is 0 Å². The van der Waals surface area contributed by atoms with Gasteiger partial charge in [0.05, 0.1) is 12.3 Å². The predicted molar refractivity (Wildman–Crippen MR) is 96.5 cm³/mol. The number of aliphatic imine (C=N–C) groups is 1. The molecule has 0 saturated heterocycles. The Kier molecular flexibility index (Phi) is 4.63. The number of hydrogen-bond acceptors (Lipinski definition) is 6. The van der Waals surface area contributed by atoms with Crippen LogP contribution in [0.15, 0.2) is 58.0 Å². The molecular formula is C19H15FN4O3. The Balaban J connectivity index is 1.81. The summed E-state index contributed by atoms with van der Waals surface area (Å²) in [5, 5.41) is 12.9. The predicted octanol–water partition coefficient (Wildman–Crippen LogP) is 3.53. The third-order valence-electron chi connectivity index (χ3n) is 4.08. The van der Waals surface area contributed by atoms with E-state index in [9.17, 15) is 4.39 Å². The van der Waals surface area contributed by atoms with Gasteiger partial charge in [-0.1, -0.05) is 17.3 Å². The second kappa shape index (κ2) is 7.38. The fraction of sp³-hybridized carbons (Fsp3) is 0.105. The lowest BCUT2D eigenvalue weighted by Gasteiger charge is -2.07. The summed E-state index contributed by atoms with van der Waals surface area (Å²) in [5.41, 5.74) is 4.53. The molecule has 4 rings (SSSR count). The van der Waals surface area contributed by atoms with Crippen LogP contribution in [0, 0.1) is 5.82 Å². The Morgan fingerprint density at radius 1 is 1.15 bits per heavy atom. The molecular weight excluding hydrogens is 351 g/mol. The molecule has 0 aliphatic carbocycles. The second-order valence-electron chi connectivity index (χ2n) is 5.74. The van der Waals surface area contributed by atoms with Crippen molar-refractivity contribution in [2.24, 2.45) is 4.99 Å². The van der Waals surface area contributed by atoms with E-state index in [1.54, 1.807) is 12.1 Å². The second-order valence-corrected chi connectivity index (χ2v) is 5.74. The van der Waals surface area contributed by atoms with Crippen LogP contribution in [0.5, 0.6) is 5.75 Å². The fourth-order valence-corrected chi connectivity index (χ4v) is 2.84. The number of nitrogens with one attached hydrogen (secondary N) is 1. The van der Waals surface area contributed by atoms with Crippen molar-refractivity contribution >= 4 is 17.6 Å². The van der Waals surface area contributed by atoms with Crippen molar-refractivity contribution in [3.63, 3.8) is 0 Å². The third-order valence-corrected chi connectivity index (χ3v) is 4.08. The number of rotatable bonds is 4.